The molecule has 1 heterocycles. The van der Waals surface area contributed by atoms with Crippen molar-refractivity contribution in [3.05, 3.63) is 40.6 Å². The van der Waals surface area contributed by atoms with Crippen molar-refractivity contribution in [2.24, 2.45) is 5.41 Å². The average molecular weight is 322 g/mol. The zero-order valence-corrected chi connectivity index (χ0v) is 12.8. The number of halogens is 1. The summed E-state index contributed by atoms with van der Waals surface area (Å²) in [7, 11) is 1.42. The van der Waals surface area contributed by atoms with Crippen molar-refractivity contribution in [2.75, 3.05) is 7.11 Å². The van der Waals surface area contributed by atoms with E-state index in [2.05, 4.69) is 27.0 Å². The molecule has 1 aromatic heterocycles. The van der Waals surface area contributed by atoms with Gasteiger partial charge in [-0.1, -0.05) is 12.1 Å². The van der Waals surface area contributed by atoms with E-state index in [0.717, 1.165) is 20.8 Å². The summed E-state index contributed by atoms with van der Waals surface area (Å²) >= 11 is 3.50. The number of ether oxygens (including phenoxy) is 1. The van der Waals surface area contributed by atoms with Gasteiger partial charge in [-0.25, -0.2) is 0 Å². The lowest BCUT2D eigenvalue weighted by Gasteiger charge is -2.21. The van der Waals surface area contributed by atoms with E-state index in [1.54, 1.807) is 6.20 Å². The van der Waals surface area contributed by atoms with Crippen LogP contribution in [0, 0.1) is 5.41 Å². The van der Waals surface area contributed by atoms with E-state index in [-0.39, 0.29) is 5.97 Å². The number of nitrogens with zero attached hydrogens (tertiary/aromatic N) is 1. The minimum atomic E-state index is -0.526. The van der Waals surface area contributed by atoms with Gasteiger partial charge in [0.15, 0.2) is 0 Å². The van der Waals surface area contributed by atoms with Gasteiger partial charge in [0.1, 0.15) is 0 Å². The number of carbonyl (C=O) groups excluding carboxylic acids is 1. The molecule has 0 unspecified atom stereocenters. The van der Waals surface area contributed by atoms with Gasteiger partial charge in [-0.05, 0) is 53.2 Å². The molecule has 0 N–H and O–H groups in total. The predicted molar refractivity (Wildman–Crippen MR) is 78.9 cm³/mol. The fraction of sp³-hybridized carbons (Fsp3) is 0.333. The molecule has 0 aliphatic carbocycles. The van der Waals surface area contributed by atoms with Crippen molar-refractivity contribution in [1.82, 2.24) is 4.98 Å². The summed E-state index contributed by atoms with van der Waals surface area (Å²) < 4.78 is 5.80. The van der Waals surface area contributed by atoms with Gasteiger partial charge in [0.25, 0.3) is 0 Å². The fourth-order valence-corrected chi connectivity index (χ4v) is 2.61. The van der Waals surface area contributed by atoms with Crippen LogP contribution in [0.15, 0.2) is 35.1 Å². The van der Waals surface area contributed by atoms with Crippen LogP contribution in [0.1, 0.15) is 19.4 Å². The Morgan fingerprint density at radius 1 is 1.37 bits per heavy atom. The second kappa shape index (κ2) is 5.29. The van der Waals surface area contributed by atoms with Gasteiger partial charge in [0.2, 0.25) is 0 Å². The van der Waals surface area contributed by atoms with E-state index < -0.39 is 5.41 Å². The standard InChI is InChI=1S/C15H16BrNO2/c1-15(2,14(18)19-3)7-10-4-5-11-8-17-9-13(16)12(11)6-10/h4-6,8-9H,7H2,1-3H3. The van der Waals surface area contributed by atoms with Crippen molar-refractivity contribution < 1.29 is 9.53 Å². The van der Waals surface area contributed by atoms with E-state index in [4.69, 9.17) is 4.74 Å². The van der Waals surface area contributed by atoms with Crippen LogP contribution in [0.4, 0.5) is 0 Å². The molecule has 0 amide bonds. The van der Waals surface area contributed by atoms with Gasteiger partial charge in [-0.15, -0.1) is 0 Å². The van der Waals surface area contributed by atoms with Crippen molar-refractivity contribution in [2.45, 2.75) is 20.3 Å². The molecule has 0 aliphatic rings. The maximum Gasteiger partial charge on any atom is 0.311 e. The molecular formula is C15H16BrNO2. The smallest absolute Gasteiger partial charge is 0.311 e. The Morgan fingerprint density at radius 2 is 2.11 bits per heavy atom. The molecule has 0 radical (unpaired) electrons. The Bertz CT molecular complexity index is 623. The summed E-state index contributed by atoms with van der Waals surface area (Å²) in [5.74, 6) is -0.193. The first-order chi connectivity index (χ1) is 8.94. The van der Waals surface area contributed by atoms with Crippen LogP contribution in [-0.2, 0) is 16.0 Å². The third kappa shape index (κ3) is 2.95. The number of rotatable bonds is 3. The first-order valence-corrected chi connectivity index (χ1v) is 6.84. The first-order valence-electron chi connectivity index (χ1n) is 6.04. The van der Waals surface area contributed by atoms with Crippen LogP contribution in [-0.4, -0.2) is 18.1 Å². The van der Waals surface area contributed by atoms with Crippen LogP contribution in [0.25, 0.3) is 10.8 Å². The molecule has 3 nitrogen and oxygen atoms in total. The highest BCUT2D eigenvalue weighted by atomic mass is 79.9. The Balaban J connectivity index is 2.37. The van der Waals surface area contributed by atoms with Gasteiger partial charge >= 0.3 is 5.97 Å². The Kier molecular flexibility index (Phi) is 3.90. The molecular weight excluding hydrogens is 306 g/mol. The van der Waals surface area contributed by atoms with Gasteiger partial charge in [-0.2, -0.15) is 0 Å². The lowest BCUT2D eigenvalue weighted by molar-refractivity contribution is -0.150. The molecule has 0 fully saturated rings. The normalized spacial score (nSPS) is 11.6. The topological polar surface area (TPSA) is 39.2 Å². The Hall–Kier alpha value is -1.42. The van der Waals surface area contributed by atoms with Crippen molar-refractivity contribution in [1.29, 1.82) is 0 Å². The third-order valence-corrected chi connectivity index (χ3v) is 3.79. The molecule has 1 aromatic carbocycles. The molecule has 2 rings (SSSR count). The van der Waals surface area contributed by atoms with Crippen molar-refractivity contribution in [3.63, 3.8) is 0 Å². The average Bonchev–Trinajstić information content (AvgIpc) is 2.38. The molecule has 2 aromatic rings. The zero-order chi connectivity index (χ0) is 14.0. The van der Waals surface area contributed by atoms with E-state index in [1.165, 1.54) is 7.11 Å². The highest BCUT2D eigenvalue weighted by Gasteiger charge is 2.28. The highest BCUT2D eigenvalue weighted by molar-refractivity contribution is 9.10. The summed E-state index contributed by atoms with van der Waals surface area (Å²) in [6.07, 6.45) is 4.25. The summed E-state index contributed by atoms with van der Waals surface area (Å²) in [6.45, 7) is 3.79. The quantitative estimate of drug-likeness (QED) is 0.808. The van der Waals surface area contributed by atoms with E-state index >= 15 is 0 Å². The summed E-state index contributed by atoms with van der Waals surface area (Å²) in [6, 6.07) is 6.14. The lowest BCUT2D eigenvalue weighted by Crippen LogP contribution is -2.27. The molecule has 19 heavy (non-hydrogen) atoms. The maximum atomic E-state index is 11.7. The maximum absolute atomic E-state index is 11.7. The second-order valence-corrected chi connectivity index (χ2v) is 6.08. The van der Waals surface area contributed by atoms with Crippen LogP contribution < -0.4 is 0 Å². The molecule has 0 saturated heterocycles. The van der Waals surface area contributed by atoms with E-state index in [9.17, 15) is 4.79 Å². The van der Waals surface area contributed by atoms with Crippen molar-refractivity contribution in [3.8, 4) is 0 Å². The number of pyridine rings is 1. The van der Waals surface area contributed by atoms with Gasteiger partial charge in [-0.3, -0.25) is 9.78 Å². The summed E-state index contributed by atoms with van der Waals surface area (Å²) in [5, 5.41) is 2.18. The number of hydrogen-bond donors (Lipinski definition) is 0. The number of fused-ring (bicyclic) bond motifs is 1. The largest absolute Gasteiger partial charge is 0.469 e. The minimum absolute atomic E-state index is 0.193. The van der Waals surface area contributed by atoms with E-state index in [1.807, 2.05) is 32.2 Å². The third-order valence-electron chi connectivity index (χ3n) is 3.16. The van der Waals surface area contributed by atoms with Crippen LogP contribution in [0.3, 0.4) is 0 Å². The molecule has 0 atom stereocenters. The second-order valence-electron chi connectivity index (χ2n) is 5.23. The molecule has 0 spiro atoms. The SMILES string of the molecule is COC(=O)C(C)(C)Cc1ccc2cncc(Br)c2c1. The number of esters is 1. The number of hydrogen-bond acceptors (Lipinski definition) is 3. The Morgan fingerprint density at radius 3 is 2.79 bits per heavy atom. The van der Waals surface area contributed by atoms with Crippen LogP contribution in [0.5, 0.6) is 0 Å². The van der Waals surface area contributed by atoms with Gasteiger partial charge < -0.3 is 4.74 Å². The fourth-order valence-electron chi connectivity index (χ4n) is 2.14. The van der Waals surface area contributed by atoms with Crippen LogP contribution >= 0.6 is 15.9 Å². The molecule has 0 bridgehead atoms. The molecule has 0 aliphatic heterocycles. The number of carbonyl (C=O) groups is 1. The lowest BCUT2D eigenvalue weighted by atomic mass is 9.85. The molecule has 0 saturated carbocycles. The highest BCUT2D eigenvalue weighted by Crippen LogP contribution is 2.28. The zero-order valence-electron chi connectivity index (χ0n) is 11.2. The number of aromatic nitrogens is 1. The van der Waals surface area contributed by atoms with E-state index in [0.29, 0.717) is 6.42 Å². The molecule has 4 heteroatoms. The summed E-state index contributed by atoms with van der Waals surface area (Å²) in [5.41, 5.74) is 0.580. The number of methoxy groups -OCH3 is 1. The van der Waals surface area contributed by atoms with Gasteiger partial charge in [0, 0.05) is 22.3 Å². The summed E-state index contributed by atoms with van der Waals surface area (Å²) in [4.78, 5) is 15.9. The monoisotopic (exact) mass is 321 g/mol. The molecule has 100 valence electrons. The predicted octanol–water partition coefficient (Wildman–Crippen LogP) is 3.74. The number of benzene rings is 1. The van der Waals surface area contributed by atoms with Crippen molar-refractivity contribution >= 4 is 32.7 Å². The first kappa shape index (κ1) is 14.0. The minimum Gasteiger partial charge on any atom is -0.469 e. The van der Waals surface area contributed by atoms with Crippen LogP contribution in [0.2, 0.25) is 0 Å². The van der Waals surface area contributed by atoms with Gasteiger partial charge in [0.05, 0.1) is 12.5 Å². The Labute approximate surface area is 121 Å².